The third-order valence-corrected chi connectivity index (χ3v) is 5.07. The molecule has 0 aromatic heterocycles. The van der Waals surface area contributed by atoms with Gasteiger partial charge in [0.15, 0.2) is 0 Å². The van der Waals surface area contributed by atoms with Crippen molar-refractivity contribution in [2.24, 2.45) is 0 Å². The highest BCUT2D eigenvalue weighted by Gasteiger charge is 2.16. The summed E-state index contributed by atoms with van der Waals surface area (Å²) in [7, 11) is 2.28. The first kappa shape index (κ1) is 18.4. The fourth-order valence-corrected chi connectivity index (χ4v) is 3.52. The lowest BCUT2D eigenvalue weighted by atomic mass is 9.97. The van der Waals surface area contributed by atoms with Crippen molar-refractivity contribution in [2.45, 2.75) is 31.7 Å². The average molecular weight is 344 g/mol. The summed E-state index contributed by atoms with van der Waals surface area (Å²) in [4.78, 5) is 2.54. The molecule has 1 heteroatoms. The Kier molecular flexibility index (Phi) is 7.04. The molecule has 1 nitrogen and oxygen atoms in total. The fourth-order valence-electron chi connectivity index (χ4n) is 3.52. The van der Waals surface area contributed by atoms with Crippen molar-refractivity contribution in [1.29, 1.82) is 0 Å². The van der Waals surface area contributed by atoms with Crippen molar-refractivity contribution in [3.05, 3.63) is 108 Å². The zero-order chi connectivity index (χ0) is 18.0. The Hall–Kier alpha value is -2.38. The SMILES string of the molecule is CN(CCCc1ccccc1)C(Cc1ccccc1)Cc1ccccc1. The van der Waals surface area contributed by atoms with Crippen molar-refractivity contribution < 1.29 is 0 Å². The maximum Gasteiger partial charge on any atom is 0.0173 e. The minimum atomic E-state index is 0.524. The van der Waals surface area contributed by atoms with E-state index in [4.69, 9.17) is 0 Å². The predicted octanol–water partition coefficient (Wildman–Crippen LogP) is 5.41. The molecule has 0 aliphatic rings. The van der Waals surface area contributed by atoms with E-state index in [1.54, 1.807) is 0 Å². The van der Waals surface area contributed by atoms with Gasteiger partial charge in [0.05, 0.1) is 0 Å². The molecule has 0 unspecified atom stereocenters. The van der Waals surface area contributed by atoms with Gasteiger partial charge in [-0.25, -0.2) is 0 Å². The molecule has 0 radical (unpaired) electrons. The molecule has 0 aliphatic heterocycles. The predicted molar refractivity (Wildman–Crippen MR) is 111 cm³/mol. The highest BCUT2D eigenvalue weighted by Crippen LogP contribution is 2.15. The second kappa shape index (κ2) is 9.94. The number of benzene rings is 3. The number of likely N-dealkylation sites (N-methyl/N-ethyl adjacent to an activating group) is 1. The van der Waals surface area contributed by atoms with Crippen LogP contribution in [0.3, 0.4) is 0 Å². The summed E-state index contributed by atoms with van der Waals surface area (Å²) in [6, 6.07) is 33.1. The number of hydrogen-bond acceptors (Lipinski definition) is 1. The van der Waals surface area contributed by atoms with Crippen LogP contribution >= 0.6 is 0 Å². The molecule has 3 aromatic rings. The zero-order valence-electron chi connectivity index (χ0n) is 15.7. The number of hydrogen-bond donors (Lipinski definition) is 0. The Balaban J connectivity index is 1.61. The lowest BCUT2D eigenvalue weighted by molar-refractivity contribution is 0.236. The summed E-state index contributed by atoms with van der Waals surface area (Å²) in [5.41, 5.74) is 4.27. The van der Waals surface area contributed by atoms with E-state index in [1.807, 2.05) is 0 Å². The van der Waals surface area contributed by atoms with Crippen molar-refractivity contribution in [2.75, 3.05) is 13.6 Å². The largest absolute Gasteiger partial charge is 0.303 e. The molecule has 3 rings (SSSR count). The van der Waals surface area contributed by atoms with Gasteiger partial charge in [0.2, 0.25) is 0 Å². The van der Waals surface area contributed by atoms with E-state index in [-0.39, 0.29) is 0 Å². The summed E-state index contributed by atoms with van der Waals surface area (Å²) < 4.78 is 0. The van der Waals surface area contributed by atoms with Crippen LogP contribution in [0.2, 0.25) is 0 Å². The van der Waals surface area contributed by atoms with Gasteiger partial charge < -0.3 is 4.90 Å². The van der Waals surface area contributed by atoms with Gasteiger partial charge in [0, 0.05) is 6.04 Å². The van der Waals surface area contributed by atoms with Crippen molar-refractivity contribution in [3.63, 3.8) is 0 Å². The molecule has 0 aliphatic carbocycles. The second-order valence-electron chi connectivity index (χ2n) is 7.10. The first-order valence-electron chi connectivity index (χ1n) is 9.63. The van der Waals surface area contributed by atoms with Crippen LogP contribution in [0.15, 0.2) is 91.0 Å². The van der Waals surface area contributed by atoms with Crippen LogP contribution < -0.4 is 0 Å². The van der Waals surface area contributed by atoms with Gasteiger partial charge in [0.1, 0.15) is 0 Å². The molecule has 26 heavy (non-hydrogen) atoms. The van der Waals surface area contributed by atoms with E-state index in [2.05, 4.69) is 103 Å². The van der Waals surface area contributed by atoms with Crippen LogP contribution in [0, 0.1) is 0 Å². The number of rotatable bonds is 9. The van der Waals surface area contributed by atoms with Crippen LogP contribution in [-0.4, -0.2) is 24.5 Å². The van der Waals surface area contributed by atoms with Crippen molar-refractivity contribution in [3.8, 4) is 0 Å². The quantitative estimate of drug-likeness (QED) is 0.502. The van der Waals surface area contributed by atoms with E-state index in [0.717, 1.165) is 25.8 Å². The summed E-state index contributed by atoms with van der Waals surface area (Å²) >= 11 is 0. The van der Waals surface area contributed by atoms with Gasteiger partial charge in [-0.15, -0.1) is 0 Å². The van der Waals surface area contributed by atoms with Crippen LogP contribution in [0.5, 0.6) is 0 Å². The molecule has 134 valence electrons. The van der Waals surface area contributed by atoms with Gasteiger partial charge in [-0.1, -0.05) is 91.0 Å². The van der Waals surface area contributed by atoms with E-state index in [9.17, 15) is 0 Å². The molecule has 0 spiro atoms. The average Bonchev–Trinajstić information content (AvgIpc) is 2.70. The third kappa shape index (κ3) is 5.86. The van der Waals surface area contributed by atoms with Gasteiger partial charge >= 0.3 is 0 Å². The Labute approximate surface area is 158 Å². The Morgan fingerprint density at radius 3 is 1.50 bits per heavy atom. The molecule has 0 heterocycles. The Morgan fingerprint density at radius 2 is 1.04 bits per heavy atom. The second-order valence-corrected chi connectivity index (χ2v) is 7.10. The fraction of sp³-hybridized carbons (Fsp3) is 0.280. The lowest BCUT2D eigenvalue weighted by Gasteiger charge is -2.28. The van der Waals surface area contributed by atoms with Crippen molar-refractivity contribution >= 4 is 0 Å². The summed E-state index contributed by atoms with van der Waals surface area (Å²) in [6.45, 7) is 1.12. The minimum Gasteiger partial charge on any atom is -0.303 e. The summed E-state index contributed by atoms with van der Waals surface area (Å²) in [6.07, 6.45) is 4.53. The zero-order valence-corrected chi connectivity index (χ0v) is 15.7. The number of aryl methyl sites for hydroxylation is 1. The highest BCUT2D eigenvalue weighted by atomic mass is 15.1. The van der Waals surface area contributed by atoms with Gasteiger partial charge in [-0.3, -0.25) is 0 Å². The monoisotopic (exact) mass is 343 g/mol. The third-order valence-electron chi connectivity index (χ3n) is 5.07. The van der Waals surface area contributed by atoms with Gasteiger partial charge in [-0.2, -0.15) is 0 Å². The minimum absolute atomic E-state index is 0.524. The van der Waals surface area contributed by atoms with E-state index in [0.29, 0.717) is 6.04 Å². The van der Waals surface area contributed by atoms with Crippen LogP contribution in [0.4, 0.5) is 0 Å². The molecular weight excluding hydrogens is 314 g/mol. The van der Waals surface area contributed by atoms with Crippen LogP contribution in [0.25, 0.3) is 0 Å². The topological polar surface area (TPSA) is 3.24 Å². The maximum absolute atomic E-state index is 2.54. The van der Waals surface area contributed by atoms with E-state index in [1.165, 1.54) is 23.1 Å². The van der Waals surface area contributed by atoms with E-state index < -0.39 is 0 Å². The summed E-state index contributed by atoms with van der Waals surface area (Å²) in [5.74, 6) is 0. The summed E-state index contributed by atoms with van der Waals surface area (Å²) in [5, 5.41) is 0. The number of nitrogens with zero attached hydrogens (tertiary/aromatic N) is 1. The van der Waals surface area contributed by atoms with Gasteiger partial charge in [0.25, 0.3) is 0 Å². The molecule has 3 aromatic carbocycles. The molecule has 0 amide bonds. The Bertz CT molecular complexity index is 695. The van der Waals surface area contributed by atoms with Crippen LogP contribution in [0.1, 0.15) is 23.1 Å². The van der Waals surface area contributed by atoms with Crippen LogP contribution in [-0.2, 0) is 19.3 Å². The first-order valence-corrected chi connectivity index (χ1v) is 9.63. The molecule has 0 bridgehead atoms. The molecular formula is C25H29N. The first-order chi connectivity index (χ1) is 12.8. The molecule has 0 saturated carbocycles. The van der Waals surface area contributed by atoms with Crippen molar-refractivity contribution in [1.82, 2.24) is 4.90 Å². The van der Waals surface area contributed by atoms with Gasteiger partial charge in [-0.05, 0) is 56.0 Å². The Morgan fingerprint density at radius 1 is 0.615 bits per heavy atom. The smallest absolute Gasteiger partial charge is 0.0173 e. The standard InChI is InChI=1S/C25H29N/c1-26(19-11-18-22-12-5-2-6-13-22)25(20-23-14-7-3-8-15-23)21-24-16-9-4-10-17-24/h2-10,12-17,25H,11,18-21H2,1H3. The molecule has 0 fully saturated rings. The maximum atomic E-state index is 2.54. The highest BCUT2D eigenvalue weighted by molar-refractivity contribution is 5.20. The molecule has 0 N–H and O–H groups in total. The normalized spacial score (nSPS) is 11.2. The molecule has 0 atom stereocenters. The lowest BCUT2D eigenvalue weighted by Crippen LogP contribution is -2.36. The molecule has 0 saturated heterocycles. The van der Waals surface area contributed by atoms with E-state index >= 15 is 0 Å².